The molecule has 0 aliphatic heterocycles. The van der Waals surface area contributed by atoms with Gasteiger partial charge in [-0.15, -0.1) is 0 Å². The van der Waals surface area contributed by atoms with Gasteiger partial charge in [0.05, 0.1) is 22.4 Å². The number of allylic oxidation sites excluding steroid dienone is 6. The molecule has 4 aliphatic rings. The molecule has 2 unspecified atom stereocenters. The Kier molecular flexibility index (Phi) is 16.4. The first-order chi connectivity index (χ1) is 20.1. The molecule has 44 heavy (non-hydrogen) atoms. The fourth-order valence-electron chi connectivity index (χ4n) is 6.42. The van der Waals surface area contributed by atoms with Gasteiger partial charge in [0.25, 0.3) is 0 Å². The van der Waals surface area contributed by atoms with Gasteiger partial charge < -0.3 is 20.4 Å². The van der Waals surface area contributed by atoms with Crippen LogP contribution in [-0.2, 0) is 0 Å². The summed E-state index contributed by atoms with van der Waals surface area (Å²) in [5.74, 6) is 1.51. The lowest BCUT2D eigenvalue weighted by Crippen LogP contribution is -2.36. The molecule has 4 heteroatoms. The van der Waals surface area contributed by atoms with E-state index in [0.29, 0.717) is 17.8 Å². The van der Waals surface area contributed by atoms with E-state index in [1.807, 2.05) is 27.7 Å². The van der Waals surface area contributed by atoms with Gasteiger partial charge in [-0.05, 0) is 170 Å². The van der Waals surface area contributed by atoms with Crippen LogP contribution in [0.25, 0.3) is 0 Å². The van der Waals surface area contributed by atoms with Gasteiger partial charge in [-0.1, -0.05) is 60.4 Å². The molecule has 0 spiro atoms. The molecular formula is C40H72O4. The van der Waals surface area contributed by atoms with Gasteiger partial charge in [-0.3, -0.25) is 0 Å². The van der Waals surface area contributed by atoms with Crippen molar-refractivity contribution in [2.45, 2.75) is 188 Å². The predicted molar refractivity (Wildman–Crippen MR) is 190 cm³/mol. The monoisotopic (exact) mass is 617 g/mol. The third-order valence-corrected chi connectivity index (χ3v) is 10.9. The topological polar surface area (TPSA) is 80.9 Å². The van der Waals surface area contributed by atoms with Crippen LogP contribution < -0.4 is 0 Å². The Balaban J connectivity index is 0.000000293. The van der Waals surface area contributed by atoms with E-state index >= 15 is 0 Å². The van der Waals surface area contributed by atoms with E-state index in [1.165, 1.54) is 22.3 Å². The molecule has 4 nitrogen and oxygen atoms in total. The minimum Gasteiger partial charge on any atom is -0.390 e. The highest BCUT2D eigenvalue weighted by Gasteiger charge is 2.32. The van der Waals surface area contributed by atoms with Gasteiger partial charge >= 0.3 is 0 Å². The number of hydrogen-bond acceptors (Lipinski definition) is 4. The second kappa shape index (κ2) is 17.6. The zero-order valence-electron chi connectivity index (χ0n) is 30.8. The Labute approximate surface area is 272 Å². The number of hydrogen-bond donors (Lipinski definition) is 4. The predicted octanol–water partition coefficient (Wildman–Crippen LogP) is 10.2. The summed E-state index contributed by atoms with van der Waals surface area (Å²) in [6, 6.07) is 0. The summed E-state index contributed by atoms with van der Waals surface area (Å²) >= 11 is 0. The lowest BCUT2D eigenvalue weighted by molar-refractivity contribution is -0.0140. The van der Waals surface area contributed by atoms with Crippen molar-refractivity contribution in [1.29, 1.82) is 0 Å². The lowest BCUT2D eigenvalue weighted by atomic mass is 9.77. The van der Waals surface area contributed by atoms with Crippen LogP contribution in [-0.4, -0.2) is 42.8 Å². The Morgan fingerprint density at radius 1 is 0.795 bits per heavy atom. The molecule has 0 aromatic rings. The van der Waals surface area contributed by atoms with Crippen molar-refractivity contribution < 1.29 is 20.4 Å². The molecule has 0 bridgehead atoms. The Morgan fingerprint density at radius 2 is 1.30 bits per heavy atom. The first kappa shape index (κ1) is 40.8. The summed E-state index contributed by atoms with van der Waals surface area (Å²) in [6.07, 6.45) is 18.8. The molecule has 4 rings (SSSR count). The minimum atomic E-state index is -0.489. The van der Waals surface area contributed by atoms with Crippen molar-refractivity contribution in [2.75, 3.05) is 0 Å². The van der Waals surface area contributed by atoms with E-state index in [-0.39, 0.29) is 5.60 Å². The third kappa shape index (κ3) is 15.4. The van der Waals surface area contributed by atoms with Gasteiger partial charge in [0.15, 0.2) is 0 Å². The van der Waals surface area contributed by atoms with Crippen LogP contribution >= 0.6 is 0 Å². The minimum absolute atomic E-state index is 0.381. The Bertz CT molecular complexity index is 961. The zero-order valence-corrected chi connectivity index (χ0v) is 30.8. The average Bonchev–Trinajstić information content (AvgIpc) is 2.91. The quantitative estimate of drug-likeness (QED) is 0.238. The third-order valence-electron chi connectivity index (χ3n) is 10.9. The second-order valence-corrected chi connectivity index (χ2v) is 16.4. The SMILES string of the molecule is C=C(C)C1CCC(C)(O)CC1.CC(C)=C1CCC(C)(O)CC1.CC1=CCC(C(C)(C)O)CC1.CC1=CCC(O)(C(C)C)CC1. The van der Waals surface area contributed by atoms with E-state index in [2.05, 4.69) is 67.2 Å². The molecule has 2 saturated carbocycles. The van der Waals surface area contributed by atoms with Crippen LogP contribution in [0, 0.1) is 17.8 Å². The summed E-state index contributed by atoms with van der Waals surface area (Å²) in [7, 11) is 0. The maximum Gasteiger partial charge on any atom is 0.0707 e. The molecule has 2 atom stereocenters. The van der Waals surface area contributed by atoms with Crippen molar-refractivity contribution in [3.05, 3.63) is 46.6 Å². The fourth-order valence-corrected chi connectivity index (χ4v) is 6.42. The van der Waals surface area contributed by atoms with Crippen LogP contribution in [0.2, 0.25) is 0 Å². The fraction of sp³-hybridized carbons (Fsp3) is 0.800. The van der Waals surface area contributed by atoms with E-state index in [0.717, 1.165) is 89.9 Å². The molecule has 0 aromatic carbocycles. The maximum atomic E-state index is 10.0. The van der Waals surface area contributed by atoms with Crippen molar-refractivity contribution >= 4 is 0 Å². The summed E-state index contributed by atoms with van der Waals surface area (Å²) < 4.78 is 0. The zero-order chi connectivity index (χ0) is 33.9. The Morgan fingerprint density at radius 3 is 1.66 bits per heavy atom. The molecule has 4 N–H and O–H groups in total. The highest BCUT2D eigenvalue weighted by molar-refractivity contribution is 5.13. The normalized spacial score (nSPS) is 32.4. The summed E-state index contributed by atoms with van der Waals surface area (Å²) in [5.41, 5.74) is 5.49. The lowest BCUT2D eigenvalue weighted by Gasteiger charge is -2.34. The highest BCUT2D eigenvalue weighted by atomic mass is 16.3. The molecule has 2 fully saturated rings. The van der Waals surface area contributed by atoms with Gasteiger partial charge in [-0.25, -0.2) is 0 Å². The van der Waals surface area contributed by atoms with Gasteiger partial charge in [0.1, 0.15) is 0 Å². The second-order valence-electron chi connectivity index (χ2n) is 16.4. The van der Waals surface area contributed by atoms with Crippen LogP contribution in [0.1, 0.15) is 166 Å². The first-order valence-electron chi connectivity index (χ1n) is 17.6. The number of aliphatic hydroxyl groups is 4. The standard InChI is InChI=1S/4C10H18O/c1-8-4-6-9(7-5-8)10(2,3)11;2*1-8(2)9-4-6-10(3,11)7-5-9;1-8(2)10(11)6-4-9(3)5-7-10/h4,9,11H,5-7H2,1-3H3;11H,4-7H2,1-3H3;9,11H,1,4-7H2,2-3H3;4,8,11H,5-7H2,1-3H3. The molecule has 0 aromatic heterocycles. The first-order valence-corrected chi connectivity index (χ1v) is 17.6. The van der Waals surface area contributed by atoms with Crippen molar-refractivity contribution in [2.24, 2.45) is 17.8 Å². The van der Waals surface area contributed by atoms with Crippen molar-refractivity contribution in [3.63, 3.8) is 0 Å². The summed E-state index contributed by atoms with van der Waals surface area (Å²) in [5, 5.41) is 39.0. The molecular weight excluding hydrogens is 544 g/mol. The molecule has 0 amide bonds. The molecule has 0 heterocycles. The Hall–Kier alpha value is -1.20. The van der Waals surface area contributed by atoms with E-state index in [4.69, 9.17) is 0 Å². The van der Waals surface area contributed by atoms with E-state index in [1.54, 1.807) is 5.57 Å². The molecule has 4 aliphatic carbocycles. The van der Waals surface area contributed by atoms with Gasteiger partial charge in [0.2, 0.25) is 0 Å². The van der Waals surface area contributed by atoms with Crippen molar-refractivity contribution in [3.8, 4) is 0 Å². The maximum absolute atomic E-state index is 10.0. The van der Waals surface area contributed by atoms with Crippen LogP contribution in [0.15, 0.2) is 46.6 Å². The smallest absolute Gasteiger partial charge is 0.0707 e. The van der Waals surface area contributed by atoms with Crippen molar-refractivity contribution in [1.82, 2.24) is 0 Å². The van der Waals surface area contributed by atoms with Gasteiger partial charge in [-0.2, -0.15) is 0 Å². The molecule has 256 valence electrons. The van der Waals surface area contributed by atoms with Crippen LogP contribution in [0.3, 0.4) is 0 Å². The highest BCUT2D eigenvalue weighted by Crippen LogP contribution is 2.35. The number of rotatable bonds is 3. The van der Waals surface area contributed by atoms with Crippen LogP contribution in [0.4, 0.5) is 0 Å². The van der Waals surface area contributed by atoms with Gasteiger partial charge in [0, 0.05) is 0 Å². The molecule has 0 saturated heterocycles. The largest absolute Gasteiger partial charge is 0.390 e. The van der Waals surface area contributed by atoms with Crippen LogP contribution in [0.5, 0.6) is 0 Å². The summed E-state index contributed by atoms with van der Waals surface area (Å²) in [4.78, 5) is 0. The molecule has 0 radical (unpaired) electrons. The summed E-state index contributed by atoms with van der Waals surface area (Å²) in [6.45, 7) is 26.5. The van der Waals surface area contributed by atoms with E-state index in [9.17, 15) is 20.4 Å². The average molecular weight is 617 g/mol. The van der Waals surface area contributed by atoms with E-state index < -0.39 is 16.8 Å².